The predicted molar refractivity (Wildman–Crippen MR) is 147 cm³/mol. The fraction of sp³-hybridized carbons (Fsp3) is 0.267. The van der Waals surface area contributed by atoms with E-state index in [2.05, 4.69) is 16.4 Å². The zero-order chi connectivity index (χ0) is 27.8. The van der Waals surface area contributed by atoms with Crippen LogP contribution in [0.1, 0.15) is 59.5 Å². The van der Waals surface area contributed by atoms with Gasteiger partial charge in [-0.25, -0.2) is 4.79 Å². The quantitative estimate of drug-likeness (QED) is 0.145. The molecular weight excluding hydrogens is 496 g/mol. The highest BCUT2D eigenvalue weighted by Gasteiger charge is 2.43. The highest BCUT2D eigenvalue weighted by Crippen LogP contribution is 2.49. The summed E-state index contributed by atoms with van der Waals surface area (Å²) in [5.74, 6) is -1.37. The van der Waals surface area contributed by atoms with Gasteiger partial charge in [0.1, 0.15) is 5.69 Å². The van der Waals surface area contributed by atoms with E-state index in [-0.39, 0.29) is 29.3 Å². The van der Waals surface area contributed by atoms with Gasteiger partial charge >= 0.3 is 5.97 Å². The molecule has 0 bridgehead atoms. The van der Waals surface area contributed by atoms with Gasteiger partial charge in [0.25, 0.3) is 5.69 Å². The first-order valence-corrected chi connectivity index (χ1v) is 12.6. The van der Waals surface area contributed by atoms with Crippen molar-refractivity contribution in [2.75, 3.05) is 12.4 Å². The van der Waals surface area contributed by atoms with E-state index >= 15 is 0 Å². The summed E-state index contributed by atoms with van der Waals surface area (Å²) in [6.45, 7) is 0. The van der Waals surface area contributed by atoms with E-state index in [0.29, 0.717) is 25.7 Å². The van der Waals surface area contributed by atoms with Gasteiger partial charge in [0.15, 0.2) is 0 Å². The van der Waals surface area contributed by atoms with Gasteiger partial charge < -0.3 is 10.1 Å². The molecular formula is C30H28N4O5. The summed E-state index contributed by atoms with van der Waals surface area (Å²) in [5.41, 5.74) is 1.27. The maximum Gasteiger partial charge on any atom is 0.340 e. The third-order valence-electron chi connectivity index (χ3n) is 7.08. The summed E-state index contributed by atoms with van der Waals surface area (Å²) in [4.78, 5) is 40.3. The van der Waals surface area contributed by atoms with Crippen molar-refractivity contribution in [2.24, 2.45) is 4.99 Å². The number of para-hydroxylation sites is 2. The summed E-state index contributed by atoms with van der Waals surface area (Å²) in [7, 11) is 1.17. The predicted octanol–water partition coefficient (Wildman–Crippen LogP) is 6.23. The van der Waals surface area contributed by atoms with E-state index in [9.17, 15) is 25.0 Å². The molecule has 9 heteroatoms. The number of hydrogen-bond donors (Lipinski definition) is 1. The number of unbranched alkanes of at least 4 members (excludes halogenated alkanes) is 1. The summed E-state index contributed by atoms with van der Waals surface area (Å²) in [6.07, 6.45) is 4.14. The van der Waals surface area contributed by atoms with E-state index in [1.807, 2.05) is 54.6 Å². The lowest BCUT2D eigenvalue weighted by molar-refractivity contribution is -0.384. The number of aliphatic imine (C=N–C) groups is 1. The lowest BCUT2D eigenvalue weighted by Gasteiger charge is -2.37. The van der Waals surface area contributed by atoms with E-state index < -0.39 is 22.2 Å². The molecule has 0 aliphatic carbocycles. The van der Waals surface area contributed by atoms with Crippen LogP contribution in [0.15, 0.2) is 77.8 Å². The molecule has 4 rings (SSSR count). The zero-order valence-corrected chi connectivity index (χ0v) is 21.5. The van der Waals surface area contributed by atoms with Gasteiger partial charge in [0.2, 0.25) is 5.91 Å². The van der Waals surface area contributed by atoms with Crippen LogP contribution in [0.5, 0.6) is 0 Å². The van der Waals surface area contributed by atoms with Crippen LogP contribution in [0.2, 0.25) is 0 Å². The number of nitrogens with zero attached hydrogens (tertiary/aromatic N) is 3. The molecule has 39 heavy (non-hydrogen) atoms. The molecule has 1 aliphatic rings. The third-order valence-corrected chi connectivity index (χ3v) is 7.08. The van der Waals surface area contributed by atoms with Crippen LogP contribution in [0, 0.1) is 21.4 Å². The number of ether oxygens (including phenoxy) is 1. The SMILES string of the molecule is COC(=O)c1cccc([N+](=O)[O-])c1NC(=O)CCCCC(c1ccccc1)C1(C#N)CC=Nc2ccccc21. The molecule has 0 aromatic heterocycles. The highest BCUT2D eigenvalue weighted by molar-refractivity contribution is 6.03. The van der Waals surface area contributed by atoms with Crippen LogP contribution in [0.3, 0.4) is 0 Å². The average molecular weight is 525 g/mol. The zero-order valence-electron chi connectivity index (χ0n) is 21.5. The molecule has 0 saturated heterocycles. The molecule has 2 unspecified atom stereocenters. The second kappa shape index (κ2) is 12.1. The lowest BCUT2D eigenvalue weighted by atomic mass is 9.64. The van der Waals surface area contributed by atoms with Crippen molar-refractivity contribution in [3.8, 4) is 6.07 Å². The summed E-state index contributed by atoms with van der Waals surface area (Å²) < 4.78 is 4.71. The van der Waals surface area contributed by atoms with Crippen molar-refractivity contribution in [1.82, 2.24) is 0 Å². The summed E-state index contributed by atoms with van der Waals surface area (Å²) in [5, 5.41) is 24.6. The van der Waals surface area contributed by atoms with Crippen LogP contribution < -0.4 is 5.32 Å². The van der Waals surface area contributed by atoms with E-state index in [4.69, 9.17) is 4.74 Å². The Morgan fingerprint density at radius 2 is 1.85 bits per heavy atom. The van der Waals surface area contributed by atoms with E-state index in [1.165, 1.54) is 25.3 Å². The van der Waals surface area contributed by atoms with Gasteiger partial charge in [0.05, 0.1) is 34.8 Å². The topological polar surface area (TPSA) is 135 Å². The molecule has 1 aliphatic heterocycles. The van der Waals surface area contributed by atoms with Crippen LogP contribution in [-0.2, 0) is 14.9 Å². The van der Waals surface area contributed by atoms with E-state index in [1.54, 1.807) is 6.21 Å². The van der Waals surface area contributed by atoms with Crippen LogP contribution >= 0.6 is 0 Å². The number of esters is 1. The minimum absolute atomic E-state index is 0.0854. The van der Waals surface area contributed by atoms with Gasteiger partial charge in [-0.2, -0.15) is 5.26 Å². The van der Waals surface area contributed by atoms with Crippen LogP contribution in [-0.4, -0.2) is 30.1 Å². The molecule has 9 nitrogen and oxygen atoms in total. The first kappa shape index (κ1) is 27.2. The van der Waals surface area contributed by atoms with Gasteiger partial charge in [0, 0.05) is 31.0 Å². The van der Waals surface area contributed by atoms with Gasteiger partial charge in [-0.05, 0) is 36.1 Å². The van der Waals surface area contributed by atoms with Crippen molar-refractivity contribution in [2.45, 2.75) is 43.4 Å². The van der Waals surface area contributed by atoms with Crippen molar-refractivity contribution in [3.05, 3.63) is 99.6 Å². The van der Waals surface area contributed by atoms with Crippen molar-refractivity contribution >= 4 is 35.2 Å². The Morgan fingerprint density at radius 1 is 1.10 bits per heavy atom. The number of nitro groups is 1. The number of rotatable bonds is 10. The Balaban J connectivity index is 1.50. The molecule has 198 valence electrons. The third kappa shape index (κ3) is 5.70. The van der Waals surface area contributed by atoms with Crippen molar-refractivity contribution in [3.63, 3.8) is 0 Å². The number of methoxy groups -OCH3 is 1. The first-order valence-electron chi connectivity index (χ1n) is 12.6. The molecule has 1 heterocycles. The van der Waals surface area contributed by atoms with Gasteiger partial charge in [-0.15, -0.1) is 0 Å². The standard InChI is InChI=1S/C30H28N4O5/c1-39-29(36)22-12-9-16-26(34(37)38)28(22)33-27(35)17-8-6-13-23(21-10-3-2-4-11-21)30(20-31)18-19-32-25-15-7-5-14-24(25)30/h2-5,7,9-12,14-16,19,23H,6,8,13,17-18H2,1H3,(H,33,35). The number of fused-ring (bicyclic) bond motifs is 1. The number of carbonyl (C=O) groups excluding carboxylic acids is 2. The Labute approximate surface area is 226 Å². The molecule has 0 saturated carbocycles. The second-order valence-electron chi connectivity index (χ2n) is 9.32. The number of anilines is 1. The number of amides is 1. The highest BCUT2D eigenvalue weighted by atomic mass is 16.6. The molecule has 2 atom stereocenters. The molecule has 0 spiro atoms. The Hall–Kier alpha value is -4.84. The van der Waals surface area contributed by atoms with Crippen molar-refractivity contribution in [1.29, 1.82) is 5.26 Å². The van der Waals surface area contributed by atoms with Gasteiger partial charge in [-0.1, -0.05) is 61.0 Å². The van der Waals surface area contributed by atoms with Crippen LogP contribution in [0.4, 0.5) is 17.1 Å². The number of nitro benzene ring substituents is 1. The number of carbonyl (C=O) groups is 2. The fourth-order valence-corrected chi connectivity index (χ4v) is 5.20. The number of benzene rings is 3. The Morgan fingerprint density at radius 3 is 2.56 bits per heavy atom. The van der Waals surface area contributed by atoms with E-state index in [0.717, 1.165) is 16.8 Å². The molecule has 0 fully saturated rings. The molecule has 3 aromatic rings. The first-order chi connectivity index (χ1) is 18.9. The van der Waals surface area contributed by atoms with Gasteiger partial charge in [-0.3, -0.25) is 19.9 Å². The average Bonchev–Trinajstić information content (AvgIpc) is 2.97. The van der Waals surface area contributed by atoms with Crippen molar-refractivity contribution < 1.29 is 19.2 Å². The van der Waals surface area contributed by atoms with Crippen LogP contribution in [0.25, 0.3) is 0 Å². The summed E-state index contributed by atoms with van der Waals surface area (Å²) in [6, 6.07) is 24.2. The molecule has 3 aromatic carbocycles. The minimum atomic E-state index is -0.804. The smallest absolute Gasteiger partial charge is 0.340 e. The Bertz CT molecular complexity index is 1450. The number of nitriles is 1. The second-order valence-corrected chi connectivity index (χ2v) is 9.32. The molecule has 0 radical (unpaired) electrons. The molecule has 1 N–H and O–H groups in total. The normalized spacial score (nSPS) is 16.4. The lowest BCUT2D eigenvalue weighted by Crippen LogP contribution is -2.34. The monoisotopic (exact) mass is 524 g/mol. The maximum atomic E-state index is 12.8. The summed E-state index contributed by atoms with van der Waals surface area (Å²) >= 11 is 0. The Kier molecular flexibility index (Phi) is 8.46. The fourth-order valence-electron chi connectivity index (χ4n) is 5.20. The molecule has 1 amide bonds. The maximum absolute atomic E-state index is 12.8. The number of nitrogens with one attached hydrogen (secondary N) is 1. The number of hydrogen-bond acceptors (Lipinski definition) is 7. The minimum Gasteiger partial charge on any atom is -0.465 e. The largest absolute Gasteiger partial charge is 0.465 e.